The van der Waals surface area contributed by atoms with E-state index in [1.54, 1.807) is 78.5 Å². The van der Waals surface area contributed by atoms with E-state index in [2.05, 4.69) is 29.7 Å². The molecule has 57 heavy (non-hydrogen) atoms. The Bertz CT molecular complexity index is 2540. The molecule has 4 N–H and O–H groups in total. The number of thioether (sulfide) groups is 1. The molecule has 0 atom stereocenters. The standard InChI is InChI=1S/C21H19N3O2S.C15H8N2O2S.C6H12ClN.K.H2O/c25-19-13-5-1-2-6-14(13)20(26)17-15(19)7-8-16-18(17)23-21(22-16)27-12-11-24-9-3-4-10-24;18-13-7-3-1-2-4-8(7)14(19)11-9(13)5-6-10-12(11)17-15(20)16-10;7-3-6-8-4-1-2-5-8;;/h1-2,5-8H,3-4,9-12H2,(H,22,23);1-6H,(H2,16,17,20);1-6H2;;1H2/q;;;+1;/p-1. The third-order valence-corrected chi connectivity index (χ3v) is 11.8. The summed E-state index contributed by atoms with van der Waals surface area (Å²) in [6, 6.07) is 20.9. The minimum atomic E-state index is -0.147. The van der Waals surface area contributed by atoms with Crippen molar-refractivity contribution < 1.29 is 76.0 Å². The van der Waals surface area contributed by atoms with E-state index < -0.39 is 0 Å². The van der Waals surface area contributed by atoms with Crippen LogP contribution >= 0.6 is 35.6 Å². The van der Waals surface area contributed by atoms with Gasteiger partial charge in [-0.3, -0.25) is 19.2 Å². The van der Waals surface area contributed by atoms with Crippen LogP contribution in [0.25, 0.3) is 22.1 Å². The number of rotatable bonds is 6. The summed E-state index contributed by atoms with van der Waals surface area (Å²) in [5.41, 5.74) is 6.28. The van der Waals surface area contributed by atoms with Crippen LogP contribution in [0, 0.1) is 4.77 Å². The fourth-order valence-electron chi connectivity index (χ4n) is 7.79. The zero-order valence-corrected chi connectivity index (χ0v) is 37.0. The van der Waals surface area contributed by atoms with Crippen molar-refractivity contribution in [3.8, 4) is 0 Å². The van der Waals surface area contributed by atoms with Crippen molar-refractivity contribution in [1.82, 2.24) is 29.7 Å². The van der Waals surface area contributed by atoms with Crippen molar-refractivity contribution in [3.05, 3.63) is 122 Å². The summed E-state index contributed by atoms with van der Waals surface area (Å²) in [6.07, 6.45) is 5.33. The second kappa shape index (κ2) is 19.3. The molecular weight excluding hydrogens is 807 g/mol. The molecule has 0 spiro atoms. The van der Waals surface area contributed by atoms with Crippen LogP contribution in [-0.4, -0.2) is 109 Å². The van der Waals surface area contributed by atoms with E-state index in [9.17, 15) is 19.2 Å². The van der Waals surface area contributed by atoms with Gasteiger partial charge in [-0.1, -0.05) is 60.3 Å². The number of benzene rings is 4. The van der Waals surface area contributed by atoms with Crippen molar-refractivity contribution in [2.75, 3.05) is 50.9 Å². The van der Waals surface area contributed by atoms with Crippen molar-refractivity contribution in [3.63, 3.8) is 0 Å². The van der Waals surface area contributed by atoms with Crippen molar-refractivity contribution in [2.24, 2.45) is 0 Å². The first-order valence-corrected chi connectivity index (χ1v) is 20.5. The van der Waals surface area contributed by atoms with Crippen LogP contribution in [0.1, 0.15) is 89.4 Å². The molecule has 2 fully saturated rings. The monoisotopic (exact) mass is 846 g/mol. The summed E-state index contributed by atoms with van der Waals surface area (Å²) in [5, 5.41) is 0.803. The first kappa shape index (κ1) is 43.5. The first-order chi connectivity index (χ1) is 26.8. The molecule has 0 unspecified atom stereocenters. The average molecular weight is 848 g/mol. The summed E-state index contributed by atoms with van der Waals surface area (Å²) in [5.74, 6) is 1.25. The molecule has 15 heteroatoms. The minimum absolute atomic E-state index is 0. The summed E-state index contributed by atoms with van der Waals surface area (Å²) < 4.78 is 0.438. The Morgan fingerprint density at radius 2 is 1.11 bits per heavy atom. The molecule has 288 valence electrons. The van der Waals surface area contributed by atoms with E-state index in [-0.39, 0.29) is 80.0 Å². The average Bonchev–Trinajstić information content (AvgIpc) is 4.04. The molecule has 11 nitrogen and oxygen atoms in total. The van der Waals surface area contributed by atoms with Gasteiger partial charge in [-0.2, -0.15) is 0 Å². The summed E-state index contributed by atoms with van der Waals surface area (Å²) in [4.78, 5) is 69.8. The number of aromatic amines is 3. The summed E-state index contributed by atoms with van der Waals surface area (Å²) in [6.45, 7) is 7.04. The maximum absolute atomic E-state index is 13.0. The molecule has 0 radical (unpaired) electrons. The number of ketones is 4. The minimum Gasteiger partial charge on any atom is -0.870 e. The largest absolute Gasteiger partial charge is 1.00 e. The third kappa shape index (κ3) is 8.92. The number of nitrogens with one attached hydrogen (secondary N) is 3. The number of halogens is 1. The predicted molar refractivity (Wildman–Crippen MR) is 221 cm³/mol. The van der Waals surface area contributed by atoms with Crippen LogP contribution in [0.2, 0.25) is 0 Å². The van der Waals surface area contributed by atoms with Crippen LogP contribution < -0.4 is 51.4 Å². The third-order valence-electron chi connectivity index (χ3n) is 10.5. The van der Waals surface area contributed by atoms with Crippen LogP contribution in [0.5, 0.6) is 0 Å². The number of imidazole rings is 2. The van der Waals surface area contributed by atoms with Crippen LogP contribution in [0.3, 0.4) is 0 Å². The smallest absolute Gasteiger partial charge is 0.870 e. The van der Waals surface area contributed by atoms with E-state index in [4.69, 9.17) is 23.8 Å². The SMILES string of the molecule is ClCCN1CCCC1.O=C1c2ccccc2C(=O)c2c1ccc1[nH]c(=S)[nH]c21.O=C1c2ccccc2C(=O)c2c1ccc1[nH]c(SCCN3CCCC3)nc21.[K+].[OH-]. The molecule has 0 bridgehead atoms. The fourth-order valence-corrected chi connectivity index (χ4v) is 9.12. The van der Waals surface area contributed by atoms with Gasteiger partial charge in [0, 0.05) is 58.1 Å². The molecule has 4 aliphatic rings. The number of fused-ring (bicyclic) bond motifs is 8. The molecule has 6 aromatic rings. The van der Waals surface area contributed by atoms with E-state index >= 15 is 0 Å². The zero-order valence-electron chi connectivity index (χ0n) is 31.5. The summed E-state index contributed by atoms with van der Waals surface area (Å²) in [7, 11) is 0. The zero-order chi connectivity index (χ0) is 38.1. The van der Waals surface area contributed by atoms with E-state index in [1.807, 2.05) is 6.07 Å². The topological polar surface area (TPSA) is 165 Å². The van der Waals surface area contributed by atoms with E-state index in [1.165, 1.54) is 51.9 Å². The molecule has 2 aliphatic carbocycles. The molecule has 0 amide bonds. The number of alkyl halides is 1. The Morgan fingerprint density at radius 3 is 1.67 bits per heavy atom. The molecular formula is C42H40ClKN6O5S2. The first-order valence-electron chi connectivity index (χ1n) is 18.6. The van der Waals surface area contributed by atoms with E-state index in [0.29, 0.717) is 60.3 Å². The normalized spacial score (nSPS) is 15.7. The maximum Gasteiger partial charge on any atom is 1.00 e. The van der Waals surface area contributed by atoms with Crippen LogP contribution in [0.4, 0.5) is 0 Å². The van der Waals surface area contributed by atoms with Gasteiger partial charge in [0.25, 0.3) is 0 Å². The molecule has 0 saturated carbocycles. The van der Waals surface area contributed by atoms with Gasteiger partial charge in [0.1, 0.15) is 5.52 Å². The Balaban J connectivity index is 0.000000161. The van der Waals surface area contributed by atoms with Crippen LogP contribution in [-0.2, 0) is 0 Å². The van der Waals surface area contributed by atoms with Crippen LogP contribution in [0.15, 0.2) is 78.0 Å². The molecule has 2 aliphatic heterocycles. The Morgan fingerprint density at radius 1 is 0.614 bits per heavy atom. The molecule has 4 heterocycles. The number of likely N-dealkylation sites (tertiary alicyclic amines) is 2. The van der Waals surface area contributed by atoms with Gasteiger partial charge in [0.2, 0.25) is 0 Å². The van der Waals surface area contributed by atoms with Gasteiger partial charge in [0.05, 0.1) is 27.7 Å². The Labute approximate surface area is 386 Å². The number of aromatic nitrogens is 4. The second-order valence-electron chi connectivity index (χ2n) is 14.0. The molecule has 2 aromatic heterocycles. The van der Waals surface area contributed by atoms with Crippen molar-refractivity contribution in [1.29, 1.82) is 0 Å². The fraction of sp³-hybridized carbons (Fsp3) is 0.286. The number of hydrogen-bond acceptors (Lipinski definition) is 10. The second-order valence-corrected chi connectivity index (χ2v) is 15.8. The molecule has 4 aromatic carbocycles. The summed E-state index contributed by atoms with van der Waals surface area (Å²) >= 11 is 12.3. The van der Waals surface area contributed by atoms with E-state index in [0.717, 1.165) is 40.9 Å². The predicted octanol–water partition coefficient (Wildman–Crippen LogP) is 4.68. The molecule has 2 saturated heterocycles. The number of H-pyrrole nitrogens is 3. The number of hydrogen-bond donors (Lipinski definition) is 3. The van der Waals surface area contributed by atoms with Gasteiger partial charge in [-0.15, -0.1) is 11.6 Å². The van der Waals surface area contributed by atoms with Crippen molar-refractivity contribution >= 4 is 80.8 Å². The number of carbonyl (C=O) groups is 4. The Kier molecular flexibility index (Phi) is 14.7. The van der Waals surface area contributed by atoms with Gasteiger partial charge in [-0.25, -0.2) is 4.98 Å². The number of nitrogens with zero attached hydrogens (tertiary/aromatic N) is 3. The van der Waals surface area contributed by atoms with Gasteiger partial charge >= 0.3 is 51.4 Å². The van der Waals surface area contributed by atoms with Gasteiger partial charge < -0.3 is 30.2 Å². The quantitative estimate of drug-likeness (QED) is 0.0928. The van der Waals surface area contributed by atoms with Gasteiger partial charge in [0.15, 0.2) is 33.1 Å². The maximum atomic E-state index is 13.0. The number of carbonyl (C=O) groups excluding carboxylic acids is 4. The van der Waals surface area contributed by atoms with Crippen molar-refractivity contribution in [2.45, 2.75) is 30.8 Å². The molecule has 10 rings (SSSR count). The van der Waals surface area contributed by atoms with Gasteiger partial charge in [-0.05, 0) is 88.3 Å². The Hall–Kier alpha value is -3.12.